The molecule has 26 heavy (non-hydrogen) atoms. The van der Waals surface area contributed by atoms with Crippen molar-refractivity contribution in [2.75, 3.05) is 12.4 Å². The molecule has 0 aliphatic heterocycles. The van der Waals surface area contributed by atoms with Crippen molar-refractivity contribution >= 4 is 52.9 Å². The van der Waals surface area contributed by atoms with Gasteiger partial charge in [0.1, 0.15) is 0 Å². The Morgan fingerprint density at radius 3 is 2.65 bits per heavy atom. The number of carbonyl (C=O) groups is 1. The zero-order valence-corrected chi connectivity index (χ0v) is 18.8. The van der Waals surface area contributed by atoms with E-state index >= 15 is 0 Å². The van der Waals surface area contributed by atoms with E-state index < -0.39 is 0 Å². The summed E-state index contributed by atoms with van der Waals surface area (Å²) in [4.78, 5) is 18.2. The summed E-state index contributed by atoms with van der Waals surface area (Å²) in [6.45, 7) is 6.42. The Morgan fingerprint density at radius 1 is 1.27 bits per heavy atom. The lowest BCUT2D eigenvalue weighted by Crippen LogP contribution is -2.42. The normalized spacial score (nSPS) is 12.1. The van der Waals surface area contributed by atoms with E-state index in [-0.39, 0.29) is 35.9 Å². The highest BCUT2D eigenvalue weighted by Gasteiger charge is 2.08. The molecule has 142 valence electrons. The fraction of sp³-hybridized carbons (Fsp3) is 0.368. The molecule has 7 heteroatoms. The Balaban J connectivity index is 0.00000338. The third-order valence-corrected chi connectivity index (χ3v) is 4.64. The zero-order valence-electron chi connectivity index (χ0n) is 15.6. The smallest absolute Gasteiger partial charge is 0.221 e. The maximum Gasteiger partial charge on any atom is 0.221 e. The van der Waals surface area contributed by atoms with Crippen molar-refractivity contribution in [1.82, 2.24) is 10.6 Å². The van der Waals surface area contributed by atoms with Crippen LogP contribution >= 0.6 is 35.3 Å². The molecule has 0 spiro atoms. The summed E-state index contributed by atoms with van der Waals surface area (Å²) >= 11 is 1.83. The third-order valence-electron chi connectivity index (χ3n) is 3.62. The Labute approximate surface area is 176 Å². The quantitative estimate of drug-likeness (QED) is 0.330. The summed E-state index contributed by atoms with van der Waals surface area (Å²) in [7, 11) is 1.77. The Hall–Kier alpha value is -1.61. The van der Waals surface area contributed by atoms with E-state index in [1.54, 1.807) is 7.05 Å². The van der Waals surface area contributed by atoms with Crippen LogP contribution in [-0.4, -0.2) is 25.0 Å². The molecule has 0 saturated carbocycles. The number of benzene rings is 1. The highest BCUT2D eigenvalue weighted by molar-refractivity contribution is 14.0. The first-order valence-corrected chi connectivity index (χ1v) is 9.17. The van der Waals surface area contributed by atoms with Crippen LogP contribution < -0.4 is 16.0 Å². The van der Waals surface area contributed by atoms with Crippen LogP contribution in [0.15, 0.2) is 41.4 Å². The predicted octanol–water partition coefficient (Wildman–Crippen LogP) is 3.93. The van der Waals surface area contributed by atoms with Crippen molar-refractivity contribution < 1.29 is 4.79 Å². The molecule has 0 saturated heterocycles. The molecular weight excluding hydrogens is 459 g/mol. The maximum absolute atomic E-state index is 11.2. The van der Waals surface area contributed by atoms with Crippen LogP contribution in [0.3, 0.4) is 0 Å². The molecule has 1 aromatic heterocycles. The summed E-state index contributed by atoms with van der Waals surface area (Å²) in [6.07, 6.45) is 0.969. The molecule has 1 amide bonds. The second-order valence-corrected chi connectivity index (χ2v) is 7.44. The van der Waals surface area contributed by atoms with E-state index in [0.717, 1.165) is 23.6 Å². The van der Waals surface area contributed by atoms with Crippen LogP contribution in [0.4, 0.5) is 5.69 Å². The van der Waals surface area contributed by atoms with Gasteiger partial charge in [0.2, 0.25) is 5.91 Å². The number of hydrogen-bond donors (Lipinski definition) is 3. The number of rotatable bonds is 6. The van der Waals surface area contributed by atoms with Crippen molar-refractivity contribution in [3.63, 3.8) is 0 Å². The van der Waals surface area contributed by atoms with Crippen molar-refractivity contribution in [2.24, 2.45) is 4.99 Å². The van der Waals surface area contributed by atoms with Gasteiger partial charge in [-0.3, -0.25) is 9.79 Å². The Kier molecular flexibility index (Phi) is 9.64. The fourth-order valence-electron chi connectivity index (χ4n) is 2.52. The molecule has 0 bridgehead atoms. The highest BCUT2D eigenvalue weighted by atomic mass is 127. The lowest BCUT2D eigenvalue weighted by Gasteiger charge is -2.17. The molecule has 2 aromatic rings. The van der Waals surface area contributed by atoms with E-state index in [2.05, 4.69) is 46.9 Å². The summed E-state index contributed by atoms with van der Waals surface area (Å²) in [6, 6.07) is 12.4. The first kappa shape index (κ1) is 22.4. The number of hydrogen-bond acceptors (Lipinski definition) is 3. The van der Waals surface area contributed by atoms with Crippen LogP contribution in [0.5, 0.6) is 0 Å². The van der Waals surface area contributed by atoms with Crippen molar-refractivity contribution in [2.45, 2.75) is 39.8 Å². The standard InChI is InChI=1S/C19H26N4OS.HI/c1-13(10-18-9-8-14(2)25-18)22-19(20-4)21-12-16-6-5-7-17(11-16)23-15(3)24;/h5-9,11,13H,10,12H2,1-4H3,(H,23,24)(H2,20,21,22);1H. The lowest BCUT2D eigenvalue weighted by molar-refractivity contribution is -0.114. The summed E-state index contributed by atoms with van der Waals surface area (Å²) in [5.74, 6) is 0.700. The largest absolute Gasteiger partial charge is 0.354 e. The van der Waals surface area contributed by atoms with Gasteiger partial charge in [0.05, 0.1) is 0 Å². The van der Waals surface area contributed by atoms with Crippen LogP contribution in [-0.2, 0) is 17.8 Å². The molecule has 1 atom stereocenters. The van der Waals surface area contributed by atoms with Gasteiger partial charge in [-0.25, -0.2) is 0 Å². The molecule has 3 N–H and O–H groups in total. The molecule has 0 aliphatic carbocycles. The van der Waals surface area contributed by atoms with Gasteiger partial charge in [-0.1, -0.05) is 12.1 Å². The molecule has 1 aromatic carbocycles. The minimum Gasteiger partial charge on any atom is -0.354 e. The van der Waals surface area contributed by atoms with Gasteiger partial charge in [-0.15, -0.1) is 35.3 Å². The number of nitrogens with one attached hydrogen (secondary N) is 3. The molecule has 0 aliphatic rings. The number of thiophene rings is 1. The van der Waals surface area contributed by atoms with E-state index in [4.69, 9.17) is 0 Å². The van der Waals surface area contributed by atoms with E-state index in [9.17, 15) is 4.79 Å². The zero-order chi connectivity index (χ0) is 18.2. The summed E-state index contributed by atoms with van der Waals surface area (Å²) in [5.41, 5.74) is 1.88. The first-order chi connectivity index (χ1) is 12.0. The minimum atomic E-state index is -0.0692. The van der Waals surface area contributed by atoms with Crippen LogP contribution in [0.25, 0.3) is 0 Å². The average Bonchev–Trinajstić information content (AvgIpc) is 2.96. The summed E-state index contributed by atoms with van der Waals surface area (Å²) in [5, 5.41) is 9.53. The lowest BCUT2D eigenvalue weighted by atomic mass is 10.2. The molecule has 0 fully saturated rings. The van der Waals surface area contributed by atoms with Gasteiger partial charge < -0.3 is 16.0 Å². The van der Waals surface area contributed by atoms with Crippen molar-refractivity contribution in [1.29, 1.82) is 0 Å². The van der Waals surface area contributed by atoms with Crippen molar-refractivity contribution in [3.8, 4) is 0 Å². The van der Waals surface area contributed by atoms with Crippen LogP contribution in [0, 0.1) is 6.92 Å². The van der Waals surface area contributed by atoms with Crippen molar-refractivity contribution in [3.05, 3.63) is 51.7 Å². The number of nitrogens with zero attached hydrogens (tertiary/aromatic N) is 1. The number of guanidine groups is 1. The molecule has 2 rings (SSSR count). The highest BCUT2D eigenvalue weighted by Crippen LogP contribution is 2.16. The Bertz CT molecular complexity index is 745. The minimum absolute atomic E-state index is 0. The fourth-order valence-corrected chi connectivity index (χ4v) is 3.54. The van der Waals surface area contributed by atoms with Crippen LogP contribution in [0.2, 0.25) is 0 Å². The van der Waals surface area contributed by atoms with Gasteiger partial charge in [0.15, 0.2) is 5.96 Å². The number of aliphatic imine (C=N–C) groups is 1. The number of halogens is 1. The number of anilines is 1. The number of carbonyl (C=O) groups excluding carboxylic acids is 1. The molecule has 1 unspecified atom stereocenters. The van der Waals surface area contributed by atoms with Gasteiger partial charge in [0.25, 0.3) is 0 Å². The number of amides is 1. The van der Waals surface area contributed by atoms with Crippen LogP contribution in [0.1, 0.15) is 29.2 Å². The van der Waals surface area contributed by atoms with Gasteiger partial charge >= 0.3 is 0 Å². The number of aryl methyl sites for hydroxylation is 1. The second-order valence-electron chi connectivity index (χ2n) is 6.07. The molecular formula is C19H27IN4OS. The molecule has 0 radical (unpaired) electrons. The topological polar surface area (TPSA) is 65.5 Å². The average molecular weight is 486 g/mol. The second kappa shape index (κ2) is 11.2. The third kappa shape index (κ3) is 7.74. The SMILES string of the molecule is CN=C(NCc1cccc(NC(C)=O)c1)NC(C)Cc1ccc(C)s1.I. The van der Waals surface area contributed by atoms with E-state index in [1.165, 1.54) is 16.7 Å². The van der Waals surface area contributed by atoms with E-state index in [0.29, 0.717) is 6.54 Å². The predicted molar refractivity (Wildman–Crippen MR) is 122 cm³/mol. The molecule has 1 heterocycles. The summed E-state index contributed by atoms with van der Waals surface area (Å²) < 4.78 is 0. The van der Waals surface area contributed by atoms with Gasteiger partial charge in [-0.05, 0) is 43.7 Å². The van der Waals surface area contributed by atoms with Gasteiger partial charge in [0, 0.05) is 48.4 Å². The molecule has 5 nitrogen and oxygen atoms in total. The van der Waals surface area contributed by atoms with E-state index in [1.807, 2.05) is 35.6 Å². The Morgan fingerprint density at radius 2 is 2.04 bits per heavy atom. The monoisotopic (exact) mass is 486 g/mol. The first-order valence-electron chi connectivity index (χ1n) is 8.35. The van der Waals surface area contributed by atoms with Gasteiger partial charge in [-0.2, -0.15) is 0 Å². The maximum atomic E-state index is 11.2.